The van der Waals surface area contributed by atoms with Crippen molar-refractivity contribution in [3.63, 3.8) is 0 Å². The lowest BCUT2D eigenvalue weighted by Crippen LogP contribution is -2.25. The second-order valence-corrected chi connectivity index (χ2v) is 6.75. The Kier molecular flexibility index (Phi) is 2.31. The lowest BCUT2D eigenvalue weighted by Gasteiger charge is -2.33. The van der Waals surface area contributed by atoms with Gasteiger partial charge in [-0.2, -0.15) is 0 Å². The van der Waals surface area contributed by atoms with E-state index in [2.05, 4.69) is 56.3 Å². The fourth-order valence-electron chi connectivity index (χ4n) is 3.97. The molecule has 0 spiro atoms. The molecule has 0 saturated carbocycles. The molecule has 0 atom stereocenters. The molecular formula is C21H16N2. The highest BCUT2D eigenvalue weighted by atomic mass is 14.8. The van der Waals surface area contributed by atoms with Gasteiger partial charge in [0.15, 0.2) is 0 Å². The van der Waals surface area contributed by atoms with Gasteiger partial charge in [-0.05, 0) is 46.0 Å². The second kappa shape index (κ2) is 4.17. The largest absolute Gasteiger partial charge is 0.260 e. The molecule has 2 aromatic carbocycles. The summed E-state index contributed by atoms with van der Waals surface area (Å²) in [5, 5.41) is 5.13. The molecule has 0 bridgehead atoms. The molecule has 23 heavy (non-hydrogen) atoms. The van der Waals surface area contributed by atoms with Gasteiger partial charge < -0.3 is 0 Å². The minimum absolute atomic E-state index is 0.130. The van der Waals surface area contributed by atoms with E-state index in [0.29, 0.717) is 0 Å². The van der Waals surface area contributed by atoms with Crippen molar-refractivity contribution in [3.05, 3.63) is 72.2 Å². The van der Waals surface area contributed by atoms with Gasteiger partial charge in [0.2, 0.25) is 0 Å². The summed E-state index contributed by atoms with van der Waals surface area (Å²) in [6.07, 6.45) is 3.80. The van der Waals surface area contributed by atoms with Crippen LogP contribution in [0.5, 0.6) is 0 Å². The molecule has 2 heterocycles. The molecule has 0 amide bonds. The third-order valence-electron chi connectivity index (χ3n) is 5.10. The molecule has 5 rings (SSSR count). The highest BCUT2D eigenvalue weighted by Crippen LogP contribution is 2.48. The van der Waals surface area contributed by atoms with Crippen LogP contribution in [0.25, 0.3) is 32.8 Å². The van der Waals surface area contributed by atoms with E-state index in [1.807, 2.05) is 18.5 Å². The van der Waals surface area contributed by atoms with Crippen LogP contribution in [-0.2, 0) is 5.41 Å². The van der Waals surface area contributed by atoms with Crippen molar-refractivity contribution in [2.45, 2.75) is 19.3 Å². The van der Waals surface area contributed by atoms with Crippen LogP contribution in [-0.4, -0.2) is 9.97 Å². The Balaban J connectivity index is 2.10. The van der Waals surface area contributed by atoms with E-state index in [1.54, 1.807) is 0 Å². The Morgan fingerprint density at radius 2 is 1.70 bits per heavy atom. The van der Waals surface area contributed by atoms with Crippen molar-refractivity contribution < 1.29 is 0 Å². The minimum Gasteiger partial charge on any atom is -0.260 e. The highest BCUT2D eigenvalue weighted by Gasteiger charge is 2.35. The van der Waals surface area contributed by atoms with Crippen molar-refractivity contribution in [1.82, 2.24) is 9.97 Å². The van der Waals surface area contributed by atoms with Gasteiger partial charge in [0.25, 0.3) is 0 Å². The summed E-state index contributed by atoms with van der Waals surface area (Å²) < 4.78 is 0. The van der Waals surface area contributed by atoms with Gasteiger partial charge in [-0.25, -0.2) is 0 Å². The first-order chi connectivity index (χ1) is 11.2. The first-order valence-electron chi connectivity index (χ1n) is 7.95. The zero-order chi connectivity index (χ0) is 15.6. The quantitative estimate of drug-likeness (QED) is 0.422. The number of hydrogen-bond donors (Lipinski definition) is 0. The molecule has 0 aliphatic heterocycles. The number of pyridine rings is 2. The van der Waals surface area contributed by atoms with Crippen LogP contribution in [0.3, 0.4) is 0 Å². The number of aromatic nitrogens is 2. The van der Waals surface area contributed by atoms with Crippen LogP contribution in [0.4, 0.5) is 0 Å². The molecule has 2 heteroatoms. The molecule has 0 N–H and O–H groups in total. The van der Waals surface area contributed by atoms with Crippen LogP contribution >= 0.6 is 0 Å². The Labute approximate surface area is 134 Å². The Hall–Kier alpha value is -2.74. The maximum atomic E-state index is 4.71. The van der Waals surface area contributed by atoms with E-state index < -0.39 is 0 Å². The SMILES string of the molecule is CC1(C)c2ncccc2-c2nccc3c2c1cc1ccccc13. The number of fused-ring (bicyclic) bond motifs is 4. The summed E-state index contributed by atoms with van der Waals surface area (Å²) in [7, 11) is 0. The van der Waals surface area contributed by atoms with Crippen LogP contribution in [0, 0.1) is 0 Å². The number of rotatable bonds is 0. The summed E-state index contributed by atoms with van der Waals surface area (Å²) in [4.78, 5) is 9.41. The van der Waals surface area contributed by atoms with Crippen molar-refractivity contribution in [2.75, 3.05) is 0 Å². The van der Waals surface area contributed by atoms with E-state index in [-0.39, 0.29) is 5.41 Å². The lowest BCUT2D eigenvalue weighted by atomic mass is 9.71. The van der Waals surface area contributed by atoms with E-state index in [0.717, 1.165) is 17.0 Å². The van der Waals surface area contributed by atoms with Gasteiger partial charge in [0.1, 0.15) is 0 Å². The maximum absolute atomic E-state index is 4.71. The standard InChI is InChI=1S/C21H16N2/c1-21(2)17-12-13-6-3-4-7-14(13)15-9-11-22-19(18(15)17)16-8-5-10-23-20(16)21/h3-12H,1-2H3. The van der Waals surface area contributed by atoms with Gasteiger partial charge in [-0.15, -0.1) is 0 Å². The van der Waals surface area contributed by atoms with Gasteiger partial charge in [0, 0.05) is 28.8 Å². The normalized spacial score (nSPS) is 14.9. The number of nitrogens with zero attached hydrogens (tertiary/aromatic N) is 2. The van der Waals surface area contributed by atoms with E-state index in [9.17, 15) is 0 Å². The van der Waals surface area contributed by atoms with Crippen molar-refractivity contribution in [3.8, 4) is 11.3 Å². The average Bonchev–Trinajstić information content (AvgIpc) is 2.59. The first-order valence-corrected chi connectivity index (χ1v) is 7.95. The minimum atomic E-state index is -0.130. The average molecular weight is 296 g/mol. The second-order valence-electron chi connectivity index (χ2n) is 6.75. The lowest BCUT2D eigenvalue weighted by molar-refractivity contribution is 0.620. The molecule has 0 radical (unpaired) electrons. The fraction of sp³-hybridized carbons (Fsp3) is 0.143. The summed E-state index contributed by atoms with van der Waals surface area (Å²) >= 11 is 0. The summed E-state index contributed by atoms with van der Waals surface area (Å²) in [6, 6.07) is 17.2. The molecule has 0 unspecified atom stereocenters. The fourth-order valence-corrected chi connectivity index (χ4v) is 3.97. The summed E-state index contributed by atoms with van der Waals surface area (Å²) in [5.74, 6) is 0. The molecule has 4 aromatic rings. The Bertz CT molecular complexity index is 1090. The molecule has 1 aliphatic rings. The topological polar surface area (TPSA) is 25.8 Å². The molecular weight excluding hydrogens is 280 g/mol. The molecule has 0 saturated heterocycles. The zero-order valence-electron chi connectivity index (χ0n) is 13.2. The highest BCUT2D eigenvalue weighted by molar-refractivity contribution is 6.14. The van der Waals surface area contributed by atoms with E-state index >= 15 is 0 Å². The molecule has 2 aromatic heterocycles. The predicted octanol–water partition coefficient (Wildman–Crippen LogP) is 5.09. The van der Waals surface area contributed by atoms with Crippen LogP contribution in [0.1, 0.15) is 25.1 Å². The number of hydrogen-bond acceptors (Lipinski definition) is 2. The van der Waals surface area contributed by atoms with Gasteiger partial charge in [-0.3, -0.25) is 9.97 Å². The maximum Gasteiger partial charge on any atom is 0.0802 e. The third kappa shape index (κ3) is 1.53. The molecule has 1 aliphatic carbocycles. The van der Waals surface area contributed by atoms with Crippen molar-refractivity contribution in [1.29, 1.82) is 0 Å². The van der Waals surface area contributed by atoms with E-state index in [1.165, 1.54) is 27.1 Å². The van der Waals surface area contributed by atoms with E-state index in [4.69, 9.17) is 9.97 Å². The van der Waals surface area contributed by atoms with Gasteiger partial charge in [0.05, 0.1) is 11.4 Å². The molecule has 110 valence electrons. The first kappa shape index (κ1) is 12.8. The predicted molar refractivity (Wildman–Crippen MR) is 94.6 cm³/mol. The zero-order valence-corrected chi connectivity index (χ0v) is 13.2. The van der Waals surface area contributed by atoms with Gasteiger partial charge >= 0.3 is 0 Å². The van der Waals surface area contributed by atoms with Crippen molar-refractivity contribution >= 4 is 21.5 Å². The van der Waals surface area contributed by atoms with Crippen LogP contribution < -0.4 is 0 Å². The number of benzene rings is 2. The smallest absolute Gasteiger partial charge is 0.0802 e. The van der Waals surface area contributed by atoms with Crippen LogP contribution in [0.15, 0.2) is 60.9 Å². The van der Waals surface area contributed by atoms with Crippen molar-refractivity contribution in [2.24, 2.45) is 0 Å². The molecule has 2 nitrogen and oxygen atoms in total. The Morgan fingerprint density at radius 1 is 0.826 bits per heavy atom. The van der Waals surface area contributed by atoms with Gasteiger partial charge in [-0.1, -0.05) is 38.1 Å². The monoisotopic (exact) mass is 296 g/mol. The molecule has 0 fully saturated rings. The van der Waals surface area contributed by atoms with Crippen LogP contribution in [0.2, 0.25) is 0 Å². The summed E-state index contributed by atoms with van der Waals surface area (Å²) in [5.41, 5.74) is 4.52. The summed E-state index contributed by atoms with van der Waals surface area (Å²) in [6.45, 7) is 4.52. The third-order valence-corrected chi connectivity index (χ3v) is 5.10. The Morgan fingerprint density at radius 3 is 2.61 bits per heavy atom.